The van der Waals surface area contributed by atoms with E-state index < -0.39 is 22.9 Å². The molecule has 0 bridgehead atoms. The molecular weight excluding hydrogens is 273 g/mol. The fourth-order valence-electron chi connectivity index (χ4n) is 1.04. The monoisotopic (exact) mass is 284 g/mol. The van der Waals surface area contributed by atoms with Gasteiger partial charge >= 0.3 is 16.4 Å². The van der Waals surface area contributed by atoms with E-state index in [1.807, 2.05) is 4.72 Å². The van der Waals surface area contributed by atoms with Crippen molar-refractivity contribution in [1.29, 1.82) is 0 Å². The largest absolute Gasteiger partial charge is 0.402 e. The molecule has 1 heterocycles. The molecule has 0 aliphatic rings. The number of pyridine rings is 1. The van der Waals surface area contributed by atoms with E-state index in [2.05, 4.69) is 4.98 Å². The van der Waals surface area contributed by atoms with Gasteiger partial charge in [0.2, 0.25) is 0 Å². The van der Waals surface area contributed by atoms with Crippen LogP contribution in [0.4, 0.5) is 24.7 Å². The Morgan fingerprint density at radius 3 is 2.56 bits per heavy atom. The van der Waals surface area contributed by atoms with Crippen LogP contribution in [0.1, 0.15) is 5.56 Å². The van der Waals surface area contributed by atoms with Crippen LogP contribution in [-0.2, 0) is 10.2 Å². The molecule has 6 nitrogen and oxygen atoms in total. The first-order chi connectivity index (χ1) is 8.09. The van der Waals surface area contributed by atoms with E-state index in [1.54, 1.807) is 0 Å². The van der Waals surface area contributed by atoms with Crippen LogP contribution >= 0.6 is 0 Å². The fourth-order valence-corrected chi connectivity index (χ4v) is 1.94. The zero-order valence-electron chi connectivity index (χ0n) is 9.25. The lowest BCUT2D eigenvalue weighted by Gasteiger charge is -2.12. The number of hydrogen-bond acceptors (Lipinski definition) is 4. The molecule has 1 aromatic rings. The van der Waals surface area contributed by atoms with E-state index in [4.69, 9.17) is 5.73 Å². The highest BCUT2D eigenvalue weighted by Gasteiger charge is 2.29. The minimum Gasteiger partial charge on any atom is -0.397 e. The summed E-state index contributed by atoms with van der Waals surface area (Å²) in [6.45, 7) is -0.138. The average molecular weight is 284 g/mol. The molecule has 0 atom stereocenters. The van der Waals surface area contributed by atoms with Crippen molar-refractivity contribution in [3.05, 3.63) is 17.8 Å². The number of nitrogen functional groups attached to an aromatic ring is 1. The van der Waals surface area contributed by atoms with Crippen molar-refractivity contribution in [3.63, 3.8) is 0 Å². The summed E-state index contributed by atoms with van der Waals surface area (Å²) >= 11 is 0. The van der Waals surface area contributed by atoms with Gasteiger partial charge in [0, 0.05) is 0 Å². The number of halogens is 3. The van der Waals surface area contributed by atoms with Gasteiger partial charge in [-0.1, -0.05) is 0 Å². The average Bonchev–Trinajstić information content (AvgIpc) is 2.19. The SMILES string of the molecule is Cc1cc(N)cnc1NS(=O)(=O)NCC(F)(F)F. The molecular formula is C8H11F3N4O2S. The van der Waals surface area contributed by atoms with Gasteiger partial charge in [0.05, 0.1) is 11.9 Å². The van der Waals surface area contributed by atoms with Crippen LogP contribution in [0, 0.1) is 6.92 Å². The summed E-state index contributed by atoms with van der Waals surface area (Å²) < 4.78 is 61.4. The van der Waals surface area contributed by atoms with Crippen LogP contribution in [0.2, 0.25) is 0 Å². The van der Waals surface area contributed by atoms with Crippen molar-refractivity contribution in [1.82, 2.24) is 9.71 Å². The summed E-state index contributed by atoms with van der Waals surface area (Å²) in [4.78, 5) is 3.67. The Labute approximate surface area is 102 Å². The van der Waals surface area contributed by atoms with Crippen LogP contribution < -0.4 is 15.2 Å². The minimum atomic E-state index is -4.63. The van der Waals surface area contributed by atoms with Crippen molar-refractivity contribution in [2.45, 2.75) is 13.1 Å². The Hall–Kier alpha value is -1.55. The summed E-state index contributed by atoms with van der Waals surface area (Å²) in [5, 5.41) is 0. The van der Waals surface area contributed by atoms with Crippen molar-refractivity contribution in [2.75, 3.05) is 17.0 Å². The van der Waals surface area contributed by atoms with Crippen molar-refractivity contribution >= 4 is 21.7 Å². The topological polar surface area (TPSA) is 97.1 Å². The number of rotatable bonds is 4. The molecule has 0 aliphatic carbocycles. The van der Waals surface area contributed by atoms with Gasteiger partial charge in [-0.2, -0.15) is 26.3 Å². The molecule has 1 rings (SSSR count). The molecule has 0 spiro atoms. The predicted molar refractivity (Wildman–Crippen MR) is 60.0 cm³/mol. The van der Waals surface area contributed by atoms with Crippen LogP contribution in [0.15, 0.2) is 12.3 Å². The Morgan fingerprint density at radius 1 is 1.44 bits per heavy atom. The smallest absolute Gasteiger partial charge is 0.397 e. The third-order valence-corrected chi connectivity index (χ3v) is 2.78. The van der Waals surface area contributed by atoms with Gasteiger partial charge in [0.25, 0.3) is 0 Å². The lowest BCUT2D eigenvalue weighted by atomic mass is 10.3. The molecule has 0 radical (unpaired) electrons. The molecule has 10 heteroatoms. The minimum absolute atomic E-state index is 0.0844. The molecule has 0 aromatic carbocycles. The maximum Gasteiger partial charge on any atom is 0.402 e. The number of nitrogens with one attached hydrogen (secondary N) is 2. The van der Waals surface area contributed by atoms with Gasteiger partial charge in [-0.3, -0.25) is 4.72 Å². The maximum atomic E-state index is 11.9. The highest BCUT2D eigenvalue weighted by Crippen LogP contribution is 2.16. The Balaban J connectivity index is 2.77. The summed E-state index contributed by atoms with van der Waals surface area (Å²) in [6.07, 6.45) is -3.44. The standard InChI is InChI=1S/C8H11F3N4O2S/c1-5-2-6(12)3-13-7(5)15-18(16,17)14-4-8(9,10)11/h2-3,14H,4,12H2,1H3,(H,13,15). The summed E-state index contributed by atoms with van der Waals surface area (Å²) in [5.41, 5.74) is 6.12. The lowest BCUT2D eigenvalue weighted by Crippen LogP contribution is -2.37. The predicted octanol–water partition coefficient (Wildman–Crippen LogP) is 0.781. The van der Waals surface area contributed by atoms with Crippen molar-refractivity contribution in [2.24, 2.45) is 0 Å². The Bertz CT molecular complexity index is 530. The Kier molecular flexibility index (Phi) is 4.02. The first kappa shape index (κ1) is 14.5. The number of hydrogen-bond donors (Lipinski definition) is 3. The summed E-state index contributed by atoms with van der Waals surface area (Å²) in [6, 6.07) is 1.44. The molecule has 0 unspecified atom stereocenters. The zero-order chi connectivity index (χ0) is 14.0. The molecule has 0 aliphatic heterocycles. The number of aromatic nitrogens is 1. The highest BCUT2D eigenvalue weighted by molar-refractivity contribution is 7.90. The van der Waals surface area contributed by atoms with Gasteiger partial charge in [-0.15, -0.1) is 0 Å². The fraction of sp³-hybridized carbons (Fsp3) is 0.375. The van der Waals surface area contributed by atoms with E-state index in [0.717, 1.165) is 0 Å². The summed E-state index contributed by atoms with van der Waals surface area (Å²) in [7, 11) is -4.33. The van der Waals surface area contributed by atoms with Crippen molar-refractivity contribution in [3.8, 4) is 0 Å². The Morgan fingerprint density at radius 2 is 2.06 bits per heavy atom. The number of anilines is 2. The number of nitrogens with zero attached hydrogens (tertiary/aromatic N) is 1. The zero-order valence-corrected chi connectivity index (χ0v) is 10.1. The first-order valence-electron chi connectivity index (χ1n) is 4.65. The number of aryl methyl sites for hydroxylation is 1. The molecule has 102 valence electrons. The molecule has 0 amide bonds. The lowest BCUT2D eigenvalue weighted by molar-refractivity contribution is -0.121. The third-order valence-electron chi connectivity index (χ3n) is 1.79. The molecule has 4 N–H and O–H groups in total. The first-order valence-corrected chi connectivity index (χ1v) is 6.14. The maximum absolute atomic E-state index is 11.9. The number of nitrogens with two attached hydrogens (primary N) is 1. The molecule has 0 fully saturated rings. The van der Waals surface area contributed by atoms with Crippen LogP contribution in [0.5, 0.6) is 0 Å². The van der Waals surface area contributed by atoms with Gasteiger partial charge in [-0.05, 0) is 18.6 Å². The van der Waals surface area contributed by atoms with Gasteiger partial charge < -0.3 is 5.73 Å². The quantitative estimate of drug-likeness (QED) is 0.761. The second-order valence-corrected chi connectivity index (χ2v) is 4.98. The van der Waals surface area contributed by atoms with Gasteiger partial charge in [0.15, 0.2) is 0 Å². The number of alkyl halides is 3. The summed E-state index contributed by atoms with van der Waals surface area (Å²) in [5.74, 6) is -0.0844. The van der Waals surface area contributed by atoms with E-state index in [9.17, 15) is 21.6 Å². The second kappa shape index (κ2) is 4.98. The third kappa shape index (κ3) is 4.75. The van der Waals surface area contributed by atoms with Crippen molar-refractivity contribution < 1.29 is 21.6 Å². The molecule has 1 aromatic heterocycles. The normalized spacial score (nSPS) is 12.4. The molecule has 0 saturated heterocycles. The molecule has 18 heavy (non-hydrogen) atoms. The van der Waals surface area contributed by atoms with E-state index in [-0.39, 0.29) is 5.82 Å². The van der Waals surface area contributed by atoms with Crippen LogP contribution in [0.25, 0.3) is 0 Å². The highest BCUT2D eigenvalue weighted by atomic mass is 32.2. The van der Waals surface area contributed by atoms with E-state index in [1.165, 1.54) is 23.9 Å². The van der Waals surface area contributed by atoms with Crippen LogP contribution in [-0.4, -0.2) is 26.1 Å². The van der Waals surface area contributed by atoms with E-state index >= 15 is 0 Å². The van der Waals surface area contributed by atoms with Crippen LogP contribution in [0.3, 0.4) is 0 Å². The second-order valence-electron chi connectivity index (χ2n) is 3.48. The van der Waals surface area contributed by atoms with Gasteiger partial charge in [-0.25, -0.2) is 4.98 Å². The van der Waals surface area contributed by atoms with Gasteiger partial charge in [0.1, 0.15) is 12.4 Å². The van der Waals surface area contributed by atoms with E-state index in [0.29, 0.717) is 11.3 Å². The molecule has 0 saturated carbocycles.